The number of nitrogens with one attached hydrogen (secondary N) is 1. The van der Waals surface area contributed by atoms with Gasteiger partial charge in [-0.25, -0.2) is 9.67 Å². The van der Waals surface area contributed by atoms with Crippen molar-refractivity contribution < 1.29 is 14.3 Å². The van der Waals surface area contributed by atoms with Gasteiger partial charge in [0, 0.05) is 24.0 Å². The Morgan fingerprint density at radius 1 is 1.19 bits per heavy atom. The van der Waals surface area contributed by atoms with Crippen LogP contribution in [0.15, 0.2) is 59.3 Å². The van der Waals surface area contributed by atoms with Crippen LogP contribution in [0.25, 0.3) is 0 Å². The van der Waals surface area contributed by atoms with Gasteiger partial charge in [-0.05, 0) is 35.4 Å². The molecule has 160 valence electrons. The Bertz CT molecular complexity index is 1080. The van der Waals surface area contributed by atoms with E-state index in [1.54, 1.807) is 23.0 Å². The summed E-state index contributed by atoms with van der Waals surface area (Å²) in [5.74, 6) is 0.291. The highest BCUT2D eigenvalue weighted by atomic mass is 79.9. The van der Waals surface area contributed by atoms with Crippen LogP contribution < -0.4 is 10.1 Å². The summed E-state index contributed by atoms with van der Waals surface area (Å²) in [5, 5.41) is 7.05. The summed E-state index contributed by atoms with van der Waals surface area (Å²) in [7, 11) is 1.61. The molecular formula is C22H22BrN5O3. The van der Waals surface area contributed by atoms with Crippen LogP contribution >= 0.6 is 15.9 Å². The standard InChI is InChI=1S/C22H22BrN5O3/c1-31-19-7-5-15(6-8-19)11-27-13-17(10-20(27)29)21(30)25-22-24-14-28(26-22)12-16-3-2-4-18(23)9-16/h2-9,14,17H,10-13H2,1H3,(H,25,26,30). The lowest BCUT2D eigenvalue weighted by molar-refractivity contribution is -0.128. The lowest BCUT2D eigenvalue weighted by Crippen LogP contribution is -2.28. The van der Waals surface area contributed by atoms with Gasteiger partial charge in [0.15, 0.2) is 0 Å². The second-order valence-corrected chi connectivity index (χ2v) is 8.32. The molecule has 1 atom stereocenters. The number of hydrogen-bond donors (Lipinski definition) is 1. The molecule has 1 N–H and O–H groups in total. The minimum absolute atomic E-state index is 0.0379. The zero-order valence-corrected chi connectivity index (χ0v) is 18.6. The number of nitrogens with zero attached hydrogens (tertiary/aromatic N) is 4. The van der Waals surface area contributed by atoms with Gasteiger partial charge in [-0.15, -0.1) is 5.10 Å². The first-order valence-corrected chi connectivity index (χ1v) is 10.6. The summed E-state index contributed by atoms with van der Waals surface area (Å²) in [6, 6.07) is 15.5. The Balaban J connectivity index is 1.32. The minimum Gasteiger partial charge on any atom is -0.497 e. The van der Waals surface area contributed by atoms with E-state index < -0.39 is 5.92 Å². The van der Waals surface area contributed by atoms with E-state index in [1.807, 2.05) is 48.5 Å². The molecule has 0 radical (unpaired) electrons. The van der Waals surface area contributed by atoms with Crippen LogP contribution in [0.4, 0.5) is 5.95 Å². The maximum atomic E-state index is 12.7. The molecule has 0 spiro atoms. The molecule has 0 saturated carbocycles. The van der Waals surface area contributed by atoms with Crippen LogP contribution in [-0.4, -0.2) is 45.1 Å². The van der Waals surface area contributed by atoms with Gasteiger partial charge in [0.05, 0.1) is 19.6 Å². The number of methoxy groups -OCH3 is 1. The van der Waals surface area contributed by atoms with Gasteiger partial charge < -0.3 is 9.64 Å². The summed E-state index contributed by atoms with van der Waals surface area (Å²) >= 11 is 3.45. The summed E-state index contributed by atoms with van der Waals surface area (Å²) in [4.78, 5) is 30.9. The first-order chi connectivity index (χ1) is 15.0. The third-order valence-electron chi connectivity index (χ3n) is 5.12. The number of carbonyl (C=O) groups excluding carboxylic acids is 2. The van der Waals surface area contributed by atoms with E-state index in [-0.39, 0.29) is 24.2 Å². The first kappa shape index (κ1) is 21.0. The lowest BCUT2D eigenvalue weighted by atomic mass is 10.1. The number of halogens is 1. The maximum Gasteiger partial charge on any atom is 0.248 e. The van der Waals surface area contributed by atoms with Crippen LogP contribution in [0, 0.1) is 5.92 Å². The van der Waals surface area contributed by atoms with Gasteiger partial charge in [-0.3, -0.25) is 14.9 Å². The van der Waals surface area contributed by atoms with Gasteiger partial charge in [0.1, 0.15) is 12.1 Å². The highest BCUT2D eigenvalue weighted by Gasteiger charge is 2.34. The molecule has 1 saturated heterocycles. The second kappa shape index (κ2) is 9.30. The summed E-state index contributed by atoms with van der Waals surface area (Å²) in [6.07, 6.45) is 1.76. The fourth-order valence-corrected chi connectivity index (χ4v) is 3.96. The molecule has 2 heterocycles. The number of aromatic nitrogens is 3. The van der Waals surface area contributed by atoms with Crippen molar-refractivity contribution >= 4 is 33.7 Å². The highest BCUT2D eigenvalue weighted by Crippen LogP contribution is 2.22. The van der Waals surface area contributed by atoms with Crippen molar-refractivity contribution in [3.05, 3.63) is 70.5 Å². The van der Waals surface area contributed by atoms with Crippen molar-refractivity contribution in [2.24, 2.45) is 5.92 Å². The molecule has 31 heavy (non-hydrogen) atoms. The second-order valence-electron chi connectivity index (χ2n) is 7.41. The van der Waals surface area contributed by atoms with E-state index in [0.717, 1.165) is 21.3 Å². The largest absolute Gasteiger partial charge is 0.497 e. The smallest absolute Gasteiger partial charge is 0.248 e. The molecule has 1 unspecified atom stereocenters. The zero-order chi connectivity index (χ0) is 21.8. The van der Waals surface area contributed by atoms with Crippen LogP contribution in [0.5, 0.6) is 5.75 Å². The predicted octanol–water partition coefficient (Wildman–Crippen LogP) is 3.08. The molecule has 0 bridgehead atoms. The molecule has 4 rings (SSSR count). The van der Waals surface area contributed by atoms with Gasteiger partial charge in [-0.2, -0.15) is 0 Å². The molecule has 1 fully saturated rings. The summed E-state index contributed by atoms with van der Waals surface area (Å²) in [5.41, 5.74) is 2.05. The molecule has 0 aliphatic carbocycles. The monoisotopic (exact) mass is 483 g/mol. The first-order valence-electron chi connectivity index (χ1n) is 9.85. The predicted molar refractivity (Wildman–Crippen MR) is 118 cm³/mol. The van der Waals surface area contributed by atoms with Gasteiger partial charge in [0.2, 0.25) is 17.8 Å². The normalized spacial score (nSPS) is 15.9. The molecule has 9 heteroatoms. The zero-order valence-electron chi connectivity index (χ0n) is 17.0. The number of rotatable bonds is 7. The van der Waals surface area contributed by atoms with Crippen molar-refractivity contribution in [3.63, 3.8) is 0 Å². The fourth-order valence-electron chi connectivity index (χ4n) is 3.51. The quantitative estimate of drug-likeness (QED) is 0.557. The lowest BCUT2D eigenvalue weighted by Gasteiger charge is -2.16. The fraction of sp³-hybridized carbons (Fsp3) is 0.273. The SMILES string of the molecule is COc1ccc(CN2CC(C(=O)Nc3ncn(Cc4cccc(Br)c4)n3)CC2=O)cc1. The number of carbonyl (C=O) groups is 2. The van der Waals surface area contributed by atoms with Crippen LogP contribution in [0.1, 0.15) is 17.5 Å². The number of ether oxygens (including phenoxy) is 1. The third-order valence-corrected chi connectivity index (χ3v) is 5.62. The van der Waals surface area contributed by atoms with Crippen LogP contribution in [-0.2, 0) is 22.7 Å². The Labute approximate surface area is 188 Å². The van der Waals surface area contributed by atoms with Crippen molar-refractivity contribution in [1.82, 2.24) is 19.7 Å². The van der Waals surface area contributed by atoms with E-state index in [9.17, 15) is 9.59 Å². The molecule has 2 aromatic carbocycles. The van der Waals surface area contributed by atoms with Crippen molar-refractivity contribution in [2.75, 3.05) is 19.0 Å². The molecule has 1 aliphatic rings. The molecular weight excluding hydrogens is 462 g/mol. The topological polar surface area (TPSA) is 89.3 Å². The molecule has 2 amide bonds. The summed E-state index contributed by atoms with van der Waals surface area (Å²) < 4.78 is 7.81. The molecule has 3 aromatic rings. The number of likely N-dealkylation sites (tertiary alicyclic amines) is 1. The van der Waals surface area contributed by atoms with Gasteiger partial charge >= 0.3 is 0 Å². The number of benzene rings is 2. The Kier molecular flexibility index (Phi) is 6.31. The van der Waals surface area contributed by atoms with Crippen molar-refractivity contribution in [2.45, 2.75) is 19.5 Å². The van der Waals surface area contributed by atoms with Crippen LogP contribution in [0.2, 0.25) is 0 Å². The van der Waals surface area contributed by atoms with E-state index >= 15 is 0 Å². The average Bonchev–Trinajstić information content (AvgIpc) is 3.35. The molecule has 1 aliphatic heterocycles. The Morgan fingerprint density at radius 3 is 2.74 bits per heavy atom. The van der Waals surface area contributed by atoms with E-state index in [2.05, 4.69) is 31.3 Å². The van der Waals surface area contributed by atoms with E-state index in [0.29, 0.717) is 19.6 Å². The third kappa shape index (κ3) is 5.29. The number of amides is 2. The van der Waals surface area contributed by atoms with Gasteiger partial charge in [-0.1, -0.05) is 40.2 Å². The van der Waals surface area contributed by atoms with E-state index in [4.69, 9.17) is 4.74 Å². The minimum atomic E-state index is -0.428. The van der Waals surface area contributed by atoms with Crippen LogP contribution in [0.3, 0.4) is 0 Å². The average molecular weight is 484 g/mol. The van der Waals surface area contributed by atoms with Gasteiger partial charge in [0.25, 0.3) is 0 Å². The Hall–Kier alpha value is -3.20. The maximum absolute atomic E-state index is 12.7. The Morgan fingerprint density at radius 2 is 2.00 bits per heavy atom. The highest BCUT2D eigenvalue weighted by molar-refractivity contribution is 9.10. The molecule has 8 nitrogen and oxygen atoms in total. The number of hydrogen-bond acceptors (Lipinski definition) is 5. The molecule has 1 aromatic heterocycles. The van der Waals surface area contributed by atoms with E-state index in [1.165, 1.54) is 0 Å². The van der Waals surface area contributed by atoms with Crippen molar-refractivity contribution in [1.29, 1.82) is 0 Å². The summed E-state index contributed by atoms with van der Waals surface area (Å²) in [6.45, 7) is 1.38. The van der Waals surface area contributed by atoms with Crippen molar-refractivity contribution in [3.8, 4) is 5.75 Å². The number of anilines is 1.